The van der Waals surface area contributed by atoms with E-state index >= 15 is 0 Å². The third-order valence-electron chi connectivity index (χ3n) is 5.75. The lowest BCUT2D eigenvalue weighted by atomic mass is 10.00. The molecule has 0 aliphatic rings. The fourth-order valence-electron chi connectivity index (χ4n) is 3.39. The van der Waals surface area contributed by atoms with Gasteiger partial charge in [0.2, 0.25) is 0 Å². The number of carbonyl (C=O) groups excluding carboxylic acids is 2. The molecule has 0 amide bonds. The zero-order valence-electron chi connectivity index (χ0n) is 26.4. The molecule has 0 bridgehead atoms. The maximum atomic E-state index is 12.0. The van der Waals surface area contributed by atoms with Crippen molar-refractivity contribution in [2.45, 2.75) is 59.3 Å². The number of carbonyl (C=O) groups is 2. The van der Waals surface area contributed by atoms with Crippen molar-refractivity contribution in [1.82, 2.24) is 0 Å². The first-order valence-corrected chi connectivity index (χ1v) is 15.6. The van der Waals surface area contributed by atoms with Crippen molar-refractivity contribution in [3.8, 4) is 0 Å². The van der Waals surface area contributed by atoms with E-state index < -0.39 is 0 Å². The highest BCUT2D eigenvalue weighted by molar-refractivity contribution is 5.72. The van der Waals surface area contributed by atoms with E-state index in [0.717, 1.165) is 32.1 Å². The average molecular weight is 611 g/mol. The van der Waals surface area contributed by atoms with Gasteiger partial charge in [0, 0.05) is 6.42 Å². The number of ether oxygens (including phenoxy) is 10. The second kappa shape index (κ2) is 34.1. The van der Waals surface area contributed by atoms with Crippen molar-refractivity contribution in [2.24, 2.45) is 5.92 Å². The molecular weight excluding hydrogens is 552 g/mol. The van der Waals surface area contributed by atoms with Gasteiger partial charge in [0.05, 0.1) is 112 Å². The number of esters is 2. The van der Waals surface area contributed by atoms with E-state index in [9.17, 15) is 9.59 Å². The molecule has 0 aliphatic heterocycles. The summed E-state index contributed by atoms with van der Waals surface area (Å²) in [6, 6.07) is 0. The predicted octanol–water partition coefficient (Wildman–Crippen LogP) is 3.22. The minimum absolute atomic E-state index is 0.00416. The van der Waals surface area contributed by atoms with Gasteiger partial charge >= 0.3 is 11.9 Å². The van der Waals surface area contributed by atoms with Crippen LogP contribution in [0.15, 0.2) is 0 Å². The molecule has 0 saturated heterocycles. The Bertz CT molecular complexity index is 578. The van der Waals surface area contributed by atoms with Crippen molar-refractivity contribution < 1.29 is 57.0 Å². The zero-order valence-corrected chi connectivity index (χ0v) is 26.4. The van der Waals surface area contributed by atoms with E-state index in [0.29, 0.717) is 112 Å². The first kappa shape index (κ1) is 40.6. The Morgan fingerprint density at radius 3 is 1.10 bits per heavy atom. The molecule has 42 heavy (non-hydrogen) atoms. The average Bonchev–Trinajstić information content (AvgIpc) is 2.99. The highest BCUT2D eigenvalue weighted by Crippen LogP contribution is 2.14. The van der Waals surface area contributed by atoms with Gasteiger partial charge in [-0.2, -0.15) is 0 Å². The molecule has 250 valence electrons. The van der Waals surface area contributed by atoms with Crippen LogP contribution < -0.4 is 0 Å². The van der Waals surface area contributed by atoms with Gasteiger partial charge in [0.15, 0.2) is 0 Å². The maximum Gasteiger partial charge on any atom is 0.308 e. The summed E-state index contributed by atoms with van der Waals surface area (Å²) in [6.07, 6.45) is 5.05. The summed E-state index contributed by atoms with van der Waals surface area (Å²) in [4.78, 5) is 23.2. The van der Waals surface area contributed by atoms with Crippen LogP contribution in [0, 0.1) is 5.92 Å². The van der Waals surface area contributed by atoms with Gasteiger partial charge in [0.1, 0.15) is 13.2 Å². The highest BCUT2D eigenvalue weighted by atomic mass is 16.6. The van der Waals surface area contributed by atoms with Gasteiger partial charge in [-0.3, -0.25) is 9.59 Å². The Morgan fingerprint density at radius 1 is 0.452 bits per heavy atom. The van der Waals surface area contributed by atoms with Crippen LogP contribution >= 0.6 is 0 Å². The number of unbranched alkanes of at least 4 members (excludes halogenated alkanes) is 1. The van der Waals surface area contributed by atoms with Crippen LogP contribution in [0.2, 0.25) is 0 Å². The monoisotopic (exact) mass is 610 g/mol. The van der Waals surface area contributed by atoms with Crippen molar-refractivity contribution in [3.05, 3.63) is 0 Å². The first-order valence-electron chi connectivity index (χ1n) is 15.6. The summed E-state index contributed by atoms with van der Waals surface area (Å²) >= 11 is 0. The predicted molar refractivity (Wildman–Crippen MR) is 157 cm³/mol. The van der Waals surface area contributed by atoms with Gasteiger partial charge in [-0.05, 0) is 19.3 Å². The Balaban J connectivity index is 3.17. The van der Waals surface area contributed by atoms with Gasteiger partial charge in [-0.25, -0.2) is 0 Å². The van der Waals surface area contributed by atoms with E-state index in [1.54, 1.807) is 0 Å². The fraction of sp³-hybridized carbons (Fsp3) is 0.933. The third kappa shape index (κ3) is 30.1. The molecule has 1 atom stereocenters. The number of hydrogen-bond acceptors (Lipinski definition) is 12. The molecule has 0 aliphatic carbocycles. The lowest BCUT2D eigenvalue weighted by Crippen LogP contribution is -2.20. The molecule has 12 heteroatoms. The van der Waals surface area contributed by atoms with Crippen LogP contribution in [0.4, 0.5) is 0 Å². The Labute approximate surface area is 253 Å². The molecule has 0 aromatic rings. The Morgan fingerprint density at radius 2 is 0.786 bits per heavy atom. The highest BCUT2D eigenvalue weighted by Gasteiger charge is 2.16. The summed E-state index contributed by atoms with van der Waals surface area (Å²) in [5.74, 6) is -0.316. The van der Waals surface area contributed by atoms with Crippen LogP contribution in [0.25, 0.3) is 0 Å². The minimum Gasteiger partial charge on any atom is -0.463 e. The summed E-state index contributed by atoms with van der Waals surface area (Å²) in [5.41, 5.74) is 0. The molecule has 0 heterocycles. The fourth-order valence-corrected chi connectivity index (χ4v) is 3.39. The van der Waals surface area contributed by atoms with E-state index in [1.165, 1.54) is 0 Å². The quantitative estimate of drug-likeness (QED) is 0.0784. The van der Waals surface area contributed by atoms with Crippen molar-refractivity contribution in [1.29, 1.82) is 0 Å². The summed E-state index contributed by atoms with van der Waals surface area (Å²) in [7, 11) is 0. The second-order valence-electron chi connectivity index (χ2n) is 9.28. The van der Waals surface area contributed by atoms with E-state index in [-0.39, 0.29) is 31.1 Å². The van der Waals surface area contributed by atoms with Crippen molar-refractivity contribution in [3.63, 3.8) is 0 Å². The minimum atomic E-state index is -0.190. The van der Waals surface area contributed by atoms with Gasteiger partial charge in [-0.15, -0.1) is 0 Å². The molecule has 0 radical (unpaired) electrons. The van der Waals surface area contributed by atoms with Crippen LogP contribution in [0.1, 0.15) is 59.3 Å². The molecule has 0 saturated carbocycles. The van der Waals surface area contributed by atoms with Crippen LogP contribution in [-0.4, -0.2) is 131 Å². The summed E-state index contributed by atoms with van der Waals surface area (Å²) in [5, 5.41) is 0. The SMILES string of the molecule is CCCCC(CC)C(=O)OCCOCCOCCOCCOCCOCCOCCOCCOCCOC(=O)CCC. The summed E-state index contributed by atoms with van der Waals surface area (Å²) < 4.78 is 53.7. The molecule has 0 aromatic carbocycles. The van der Waals surface area contributed by atoms with Crippen LogP contribution in [0.3, 0.4) is 0 Å². The van der Waals surface area contributed by atoms with Crippen molar-refractivity contribution >= 4 is 11.9 Å². The van der Waals surface area contributed by atoms with E-state index in [2.05, 4.69) is 6.92 Å². The van der Waals surface area contributed by atoms with Gasteiger partial charge in [-0.1, -0.05) is 33.6 Å². The molecule has 0 N–H and O–H groups in total. The topological polar surface area (TPSA) is 126 Å². The van der Waals surface area contributed by atoms with Crippen LogP contribution in [0.5, 0.6) is 0 Å². The Kier molecular flexibility index (Phi) is 33.0. The molecular formula is C30H58O12. The number of rotatable bonds is 34. The van der Waals surface area contributed by atoms with Gasteiger partial charge in [0.25, 0.3) is 0 Å². The normalized spacial score (nSPS) is 12.0. The lowest BCUT2D eigenvalue weighted by Gasteiger charge is -2.13. The summed E-state index contributed by atoms with van der Waals surface area (Å²) in [6.45, 7) is 14.1. The van der Waals surface area contributed by atoms with E-state index in [4.69, 9.17) is 47.4 Å². The van der Waals surface area contributed by atoms with Gasteiger partial charge < -0.3 is 47.4 Å². The molecule has 0 aromatic heterocycles. The molecule has 0 rings (SSSR count). The largest absolute Gasteiger partial charge is 0.463 e. The first-order chi connectivity index (χ1) is 20.7. The smallest absolute Gasteiger partial charge is 0.308 e. The molecule has 0 spiro atoms. The maximum absolute atomic E-state index is 12.0. The number of hydrogen-bond donors (Lipinski definition) is 0. The lowest BCUT2D eigenvalue weighted by molar-refractivity contribution is -0.150. The molecule has 12 nitrogen and oxygen atoms in total. The van der Waals surface area contributed by atoms with E-state index in [1.807, 2.05) is 13.8 Å². The second-order valence-corrected chi connectivity index (χ2v) is 9.28. The Hall–Kier alpha value is -1.38. The molecule has 1 unspecified atom stereocenters. The van der Waals surface area contributed by atoms with Crippen LogP contribution in [-0.2, 0) is 57.0 Å². The zero-order chi connectivity index (χ0) is 30.8. The molecule has 0 fully saturated rings. The standard InChI is InChI=1S/C30H58O12/c1-4-7-9-28(6-3)30(32)42-27-25-40-23-21-38-19-17-36-15-13-34-11-10-33-12-14-35-16-18-37-20-22-39-24-26-41-29(31)8-5-2/h28H,4-27H2,1-3H3. The third-order valence-corrected chi connectivity index (χ3v) is 5.75. The van der Waals surface area contributed by atoms with Crippen molar-refractivity contribution in [2.75, 3.05) is 119 Å².